The topological polar surface area (TPSA) is 110 Å². The van der Waals surface area contributed by atoms with E-state index in [9.17, 15) is 14.7 Å². The number of hydrogen-bond donors (Lipinski definition) is 1. The number of aromatic nitrogens is 4. The number of benzene rings is 3. The van der Waals surface area contributed by atoms with E-state index in [0.29, 0.717) is 39.4 Å². The van der Waals surface area contributed by atoms with Gasteiger partial charge in [0.05, 0.1) is 23.9 Å². The lowest BCUT2D eigenvalue weighted by molar-refractivity contribution is -0.132. The molecule has 1 atom stereocenters. The molecule has 0 saturated carbocycles. The Labute approximate surface area is 279 Å². The largest absolute Gasteiger partial charge is 0.505 e. The number of Topliss-reactive ketones (excluding diaryl/α,β-unsaturated/α-hetero) is 1. The van der Waals surface area contributed by atoms with Gasteiger partial charge in [0, 0.05) is 11.9 Å². The van der Waals surface area contributed by atoms with Crippen molar-refractivity contribution in [1.82, 2.24) is 19.6 Å². The molecular weight excluding hydrogens is 631 g/mol. The Hall–Kier alpha value is -5.00. The molecule has 6 aromatic rings. The second-order valence-corrected chi connectivity index (χ2v) is 13.5. The molecule has 3 aromatic heterocycles. The molecule has 7 rings (SSSR count). The molecule has 1 aliphatic heterocycles. The number of fused-ring (bicyclic) bond motifs is 2. The standard InChI is InChI=1S/C36H31N5O4S2/c1-4-18-45-26-15-8-13-24(19-26)30-28(31(42)29-22(3)40-17-9-10-21(2)33(40)37-29)32(43)34(44)41(30)35-38-39-36(47-35)46-20-25-14-7-12-23-11-5-6-16-27(23)25/h5-17,19,30,42H,4,18,20H2,1-3H3. The Morgan fingerprint density at radius 1 is 1.00 bits per heavy atom. The molecule has 1 amide bonds. The Morgan fingerprint density at radius 3 is 2.64 bits per heavy atom. The van der Waals surface area contributed by atoms with Crippen LogP contribution in [0.3, 0.4) is 0 Å². The first kappa shape index (κ1) is 30.6. The second kappa shape index (κ2) is 12.7. The van der Waals surface area contributed by atoms with Gasteiger partial charge in [0.25, 0.3) is 5.78 Å². The summed E-state index contributed by atoms with van der Waals surface area (Å²) in [6, 6.07) is 24.5. The number of carbonyl (C=O) groups is 2. The number of thioether (sulfide) groups is 1. The number of aryl methyl sites for hydroxylation is 2. The van der Waals surface area contributed by atoms with Crippen LogP contribution in [0.4, 0.5) is 5.13 Å². The van der Waals surface area contributed by atoms with Gasteiger partial charge in [-0.25, -0.2) is 4.98 Å². The van der Waals surface area contributed by atoms with Crippen LogP contribution in [0.5, 0.6) is 5.75 Å². The van der Waals surface area contributed by atoms with Crippen LogP contribution in [-0.4, -0.2) is 43.0 Å². The summed E-state index contributed by atoms with van der Waals surface area (Å²) in [6.45, 7) is 6.28. The van der Waals surface area contributed by atoms with Gasteiger partial charge in [-0.1, -0.05) is 90.7 Å². The van der Waals surface area contributed by atoms with Crippen molar-refractivity contribution in [2.24, 2.45) is 0 Å². The summed E-state index contributed by atoms with van der Waals surface area (Å²) >= 11 is 2.75. The van der Waals surface area contributed by atoms with Crippen LogP contribution in [0.1, 0.15) is 47.5 Å². The monoisotopic (exact) mass is 661 g/mol. The van der Waals surface area contributed by atoms with Gasteiger partial charge >= 0.3 is 5.91 Å². The van der Waals surface area contributed by atoms with Crippen molar-refractivity contribution in [2.45, 2.75) is 43.3 Å². The van der Waals surface area contributed by atoms with E-state index in [4.69, 9.17) is 9.72 Å². The Morgan fingerprint density at radius 2 is 1.81 bits per heavy atom. The highest BCUT2D eigenvalue weighted by Gasteiger charge is 2.49. The van der Waals surface area contributed by atoms with Crippen molar-refractivity contribution < 1.29 is 19.4 Å². The van der Waals surface area contributed by atoms with Crippen molar-refractivity contribution >= 4 is 62.1 Å². The lowest BCUT2D eigenvalue weighted by Crippen LogP contribution is -2.29. The highest BCUT2D eigenvalue weighted by Crippen LogP contribution is 2.45. The average molecular weight is 662 g/mol. The summed E-state index contributed by atoms with van der Waals surface area (Å²) in [5, 5.41) is 23.2. The highest BCUT2D eigenvalue weighted by atomic mass is 32.2. The maximum absolute atomic E-state index is 13.9. The molecule has 4 heterocycles. The first-order chi connectivity index (χ1) is 22.9. The molecule has 0 aliphatic carbocycles. The van der Waals surface area contributed by atoms with E-state index >= 15 is 0 Å². The fraction of sp³-hybridized carbons (Fsp3) is 0.194. The molecule has 3 aromatic carbocycles. The van der Waals surface area contributed by atoms with Gasteiger partial charge in [-0.3, -0.25) is 14.5 Å². The number of aliphatic hydroxyl groups excluding tert-OH is 1. The first-order valence-corrected chi connectivity index (χ1v) is 17.1. The van der Waals surface area contributed by atoms with E-state index in [2.05, 4.69) is 34.5 Å². The minimum absolute atomic E-state index is 0.0630. The number of rotatable bonds is 9. The summed E-state index contributed by atoms with van der Waals surface area (Å²) in [4.78, 5) is 33.7. The zero-order valence-corrected chi connectivity index (χ0v) is 27.6. The van der Waals surface area contributed by atoms with Gasteiger partial charge in [-0.2, -0.15) is 0 Å². The maximum atomic E-state index is 13.9. The Bertz CT molecular complexity index is 2200. The van der Waals surface area contributed by atoms with Gasteiger partial charge in [0.15, 0.2) is 10.1 Å². The van der Waals surface area contributed by atoms with Crippen molar-refractivity contribution in [3.8, 4) is 5.75 Å². The maximum Gasteiger partial charge on any atom is 0.301 e. The normalized spacial score (nSPS) is 16.1. The van der Waals surface area contributed by atoms with Crippen LogP contribution in [0.2, 0.25) is 0 Å². The van der Waals surface area contributed by atoms with Gasteiger partial charge < -0.3 is 14.2 Å². The minimum atomic E-state index is -0.977. The minimum Gasteiger partial charge on any atom is -0.505 e. The number of carbonyl (C=O) groups excluding carboxylic acids is 2. The van der Waals surface area contributed by atoms with Gasteiger partial charge in [0.1, 0.15) is 17.1 Å². The zero-order chi connectivity index (χ0) is 32.7. The van der Waals surface area contributed by atoms with Crippen molar-refractivity contribution in [1.29, 1.82) is 0 Å². The van der Waals surface area contributed by atoms with Crippen molar-refractivity contribution in [3.05, 3.63) is 119 Å². The van der Waals surface area contributed by atoms with E-state index in [1.165, 1.54) is 33.4 Å². The fourth-order valence-corrected chi connectivity index (χ4v) is 7.80. The summed E-state index contributed by atoms with van der Waals surface area (Å²) < 4.78 is 8.41. The number of anilines is 1. The summed E-state index contributed by atoms with van der Waals surface area (Å²) in [6.07, 6.45) is 2.67. The molecule has 0 spiro atoms. The van der Waals surface area contributed by atoms with E-state index < -0.39 is 17.7 Å². The van der Waals surface area contributed by atoms with Crippen LogP contribution in [0, 0.1) is 13.8 Å². The average Bonchev–Trinajstić information content (AvgIpc) is 3.77. The number of ether oxygens (including phenoxy) is 1. The van der Waals surface area contributed by atoms with E-state index in [-0.39, 0.29) is 22.2 Å². The summed E-state index contributed by atoms with van der Waals surface area (Å²) in [5.41, 5.74) is 4.15. The Kier molecular flexibility index (Phi) is 8.25. The number of ketones is 1. The second-order valence-electron chi connectivity index (χ2n) is 11.3. The molecule has 0 radical (unpaired) electrons. The lowest BCUT2D eigenvalue weighted by Gasteiger charge is -2.23. The molecule has 236 valence electrons. The quantitative estimate of drug-likeness (QED) is 0.0553. The predicted octanol–water partition coefficient (Wildman–Crippen LogP) is 7.66. The first-order valence-electron chi connectivity index (χ1n) is 15.3. The molecule has 1 fully saturated rings. The number of pyridine rings is 1. The van der Waals surface area contributed by atoms with Gasteiger partial charge in [-0.15, -0.1) is 10.2 Å². The van der Waals surface area contributed by atoms with Crippen LogP contribution in [0.25, 0.3) is 22.2 Å². The van der Waals surface area contributed by atoms with Crippen LogP contribution in [0.15, 0.2) is 95.0 Å². The van der Waals surface area contributed by atoms with E-state index in [1.807, 2.05) is 79.9 Å². The number of hydrogen-bond acceptors (Lipinski definition) is 9. The third-order valence-electron chi connectivity index (χ3n) is 8.23. The lowest BCUT2D eigenvalue weighted by atomic mass is 9.96. The number of aliphatic hydroxyl groups is 1. The molecule has 1 saturated heterocycles. The number of amides is 1. The van der Waals surface area contributed by atoms with Gasteiger partial charge in [-0.05, 0) is 65.9 Å². The van der Waals surface area contributed by atoms with E-state index in [1.54, 1.807) is 6.07 Å². The summed E-state index contributed by atoms with van der Waals surface area (Å²) in [5.74, 6) is -0.706. The SMILES string of the molecule is CCCOc1cccc(C2C(=C(O)c3nc4c(C)cccn4c3C)C(=O)C(=O)N2c2nnc(SCc3cccc4ccccc34)s2)c1. The molecule has 0 bridgehead atoms. The Balaban J connectivity index is 1.30. The van der Waals surface area contributed by atoms with Crippen LogP contribution in [-0.2, 0) is 15.3 Å². The molecule has 11 heteroatoms. The predicted molar refractivity (Wildman–Crippen MR) is 185 cm³/mol. The molecule has 47 heavy (non-hydrogen) atoms. The zero-order valence-electron chi connectivity index (χ0n) is 26.0. The van der Waals surface area contributed by atoms with Crippen LogP contribution >= 0.6 is 23.1 Å². The molecule has 1 aliphatic rings. The number of nitrogens with zero attached hydrogens (tertiary/aromatic N) is 5. The molecule has 1 N–H and O–H groups in total. The smallest absolute Gasteiger partial charge is 0.301 e. The third kappa shape index (κ3) is 5.55. The summed E-state index contributed by atoms with van der Waals surface area (Å²) in [7, 11) is 0. The molecular formula is C36H31N5O4S2. The highest BCUT2D eigenvalue weighted by molar-refractivity contribution is 8.00. The fourth-order valence-electron chi connectivity index (χ4n) is 5.93. The van der Waals surface area contributed by atoms with Gasteiger partial charge in [0.2, 0.25) is 5.13 Å². The van der Waals surface area contributed by atoms with Crippen molar-refractivity contribution in [3.63, 3.8) is 0 Å². The number of imidazole rings is 1. The van der Waals surface area contributed by atoms with E-state index in [0.717, 1.165) is 22.9 Å². The third-order valence-corrected chi connectivity index (χ3v) is 10.3. The van der Waals surface area contributed by atoms with Crippen LogP contribution < -0.4 is 9.64 Å². The molecule has 1 unspecified atom stereocenters. The molecule has 9 nitrogen and oxygen atoms in total. The van der Waals surface area contributed by atoms with Crippen molar-refractivity contribution in [2.75, 3.05) is 11.5 Å².